The number of rotatable bonds is 7. The van der Waals surface area contributed by atoms with E-state index < -0.39 is 9.84 Å². The van der Waals surface area contributed by atoms with Crippen LogP contribution < -0.4 is 5.73 Å². The zero-order valence-corrected chi connectivity index (χ0v) is 12.2. The predicted octanol–water partition coefficient (Wildman–Crippen LogP) is 1.67. The third-order valence-electron chi connectivity index (χ3n) is 3.45. The van der Waals surface area contributed by atoms with Crippen LogP contribution in [0.4, 0.5) is 5.69 Å². The summed E-state index contributed by atoms with van der Waals surface area (Å²) in [5.41, 5.74) is 7.91. The maximum absolute atomic E-state index is 11.2. The number of anilines is 1. The number of hydrogen-bond donors (Lipinski definition) is 1. The Morgan fingerprint density at radius 3 is 2.58 bits per heavy atom. The Kier molecular flexibility index (Phi) is 4.47. The second-order valence-electron chi connectivity index (χ2n) is 5.38. The quantitative estimate of drug-likeness (QED) is 0.773. The monoisotopic (exact) mass is 282 g/mol. The first-order valence-electron chi connectivity index (χ1n) is 6.71. The molecule has 0 heterocycles. The van der Waals surface area contributed by atoms with Crippen molar-refractivity contribution in [3.63, 3.8) is 0 Å². The van der Waals surface area contributed by atoms with Gasteiger partial charge in [0.15, 0.2) is 0 Å². The van der Waals surface area contributed by atoms with E-state index in [1.807, 2.05) is 24.3 Å². The molecule has 0 unspecified atom stereocenters. The van der Waals surface area contributed by atoms with Crippen LogP contribution in [0.15, 0.2) is 24.3 Å². The van der Waals surface area contributed by atoms with E-state index in [1.54, 1.807) is 0 Å². The molecular weight excluding hydrogens is 260 g/mol. The van der Waals surface area contributed by atoms with Gasteiger partial charge in [-0.25, -0.2) is 8.42 Å². The highest BCUT2D eigenvalue weighted by Gasteiger charge is 2.28. The van der Waals surface area contributed by atoms with E-state index in [4.69, 9.17) is 5.73 Å². The van der Waals surface area contributed by atoms with E-state index in [1.165, 1.54) is 19.1 Å². The lowest BCUT2D eigenvalue weighted by Crippen LogP contribution is -2.28. The van der Waals surface area contributed by atoms with Gasteiger partial charge in [0.05, 0.1) is 5.75 Å². The molecule has 0 atom stereocenters. The molecule has 1 fully saturated rings. The van der Waals surface area contributed by atoms with Crippen molar-refractivity contribution in [1.82, 2.24) is 4.90 Å². The topological polar surface area (TPSA) is 63.4 Å². The van der Waals surface area contributed by atoms with Crippen molar-refractivity contribution in [1.29, 1.82) is 0 Å². The van der Waals surface area contributed by atoms with Gasteiger partial charge >= 0.3 is 0 Å². The van der Waals surface area contributed by atoms with Gasteiger partial charge in [-0.2, -0.15) is 0 Å². The molecule has 1 aliphatic carbocycles. The van der Waals surface area contributed by atoms with Crippen molar-refractivity contribution in [2.45, 2.75) is 31.8 Å². The summed E-state index contributed by atoms with van der Waals surface area (Å²) in [4.78, 5) is 2.36. The molecule has 0 amide bonds. The van der Waals surface area contributed by atoms with Gasteiger partial charge in [0.2, 0.25) is 0 Å². The third kappa shape index (κ3) is 4.84. The number of hydrogen-bond acceptors (Lipinski definition) is 4. The summed E-state index contributed by atoms with van der Waals surface area (Å²) >= 11 is 0. The summed E-state index contributed by atoms with van der Waals surface area (Å²) in [6.07, 6.45) is 4.42. The molecule has 0 aromatic heterocycles. The molecule has 1 aromatic carbocycles. The van der Waals surface area contributed by atoms with Crippen LogP contribution >= 0.6 is 0 Å². The lowest BCUT2D eigenvalue weighted by Gasteiger charge is -2.22. The Labute approximate surface area is 115 Å². The van der Waals surface area contributed by atoms with Crippen molar-refractivity contribution >= 4 is 15.5 Å². The Balaban J connectivity index is 1.92. The third-order valence-corrected chi connectivity index (χ3v) is 4.48. The lowest BCUT2D eigenvalue weighted by molar-refractivity contribution is 0.256. The molecule has 1 aromatic rings. The Bertz CT molecular complexity index is 524. The van der Waals surface area contributed by atoms with Crippen molar-refractivity contribution in [2.24, 2.45) is 0 Å². The van der Waals surface area contributed by atoms with E-state index in [0.717, 1.165) is 24.3 Å². The first kappa shape index (κ1) is 14.3. The predicted molar refractivity (Wildman–Crippen MR) is 78.6 cm³/mol. The van der Waals surface area contributed by atoms with Crippen LogP contribution in [0.25, 0.3) is 0 Å². The number of nitrogens with zero attached hydrogens (tertiary/aromatic N) is 1. The smallest absolute Gasteiger partial charge is 0.147 e. The van der Waals surface area contributed by atoms with Crippen LogP contribution in [-0.4, -0.2) is 37.9 Å². The fourth-order valence-corrected chi connectivity index (χ4v) is 2.91. The molecule has 1 saturated carbocycles. The number of para-hydroxylation sites is 1. The number of sulfone groups is 1. The molecule has 2 rings (SSSR count). The van der Waals surface area contributed by atoms with Crippen LogP contribution in [0.3, 0.4) is 0 Å². The minimum Gasteiger partial charge on any atom is -0.398 e. The molecule has 1 aliphatic rings. The molecule has 2 N–H and O–H groups in total. The van der Waals surface area contributed by atoms with E-state index in [2.05, 4.69) is 4.90 Å². The highest BCUT2D eigenvalue weighted by atomic mass is 32.2. The first-order valence-corrected chi connectivity index (χ1v) is 8.77. The Morgan fingerprint density at radius 2 is 2.00 bits per heavy atom. The van der Waals surface area contributed by atoms with Gasteiger partial charge in [0.25, 0.3) is 0 Å². The number of benzene rings is 1. The summed E-state index contributed by atoms with van der Waals surface area (Å²) in [5, 5.41) is 0. The fourth-order valence-electron chi connectivity index (χ4n) is 2.26. The van der Waals surface area contributed by atoms with E-state index >= 15 is 0 Å². The largest absolute Gasteiger partial charge is 0.398 e. The van der Waals surface area contributed by atoms with Gasteiger partial charge in [-0.05, 0) is 37.4 Å². The summed E-state index contributed by atoms with van der Waals surface area (Å²) in [6.45, 7) is 1.65. The zero-order chi connectivity index (χ0) is 13.9. The molecule has 0 aliphatic heterocycles. The van der Waals surface area contributed by atoms with E-state index in [-0.39, 0.29) is 5.75 Å². The second-order valence-corrected chi connectivity index (χ2v) is 7.64. The molecule has 5 heteroatoms. The van der Waals surface area contributed by atoms with E-state index in [0.29, 0.717) is 12.5 Å². The first-order chi connectivity index (χ1) is 8.96. The fraction of sp³-hybridized carbons (Fsp3) is 0.571. The molecule has 0 saturated heterocycles. The molecule has 0 bridgehead atoms. The van der Waals surface area contributed by atoms with Gasteiger partial charge in [0.1, 0.15) is 9.84 Å². The lowest BCUT2D eigenvalue weighted by atomic mass is 10.1. The highest BCUT2D eigenvalue weighted by molar-refractivity contribution is 7.90. The molecule has 106 valence electrons. The SMILES string of the molecule is CS(=O)(=O)CCCN(Cc1ccccc1N)C1CC1. The van der Waals surface area contributed by atoms with Crippen molar-refractivity contribution in [3.8, 4) is 0 Å². The number of nitrogen functional groups attached to an aromatic ring is 1. The number of nitrogens with two attached hydrogens (primary N) is 1. The van der Waals surface area contributed by atoms with Crippen LogP contribution in [0.2, 0.25) is 0 Å². The molecule has 0 radical (unpaired) electrons. The van der Waals surface area contributed by atoms with Crippen LogP contribution in [0.5, 0.6) is 0 Å². The summed E-state index contributed by atoms with van der Waals surface area (Å²) < 4.78 is 22.3. The van der Waals surface area contributed by atoms with Gasteiger partial charge in [-0.15, -0.1) is 0 Å². The highest BCUT2D eigenvalue weighted by Crippen LogP contribution is 2.29. The van der Waals surface area contributed by atoms with Gasteiger partial charge in [0, 0.05) is 24.5 Å². The van der Waals surface area contributed by atoms with Crippen LogP contribution in [-0.2, 0) is 16.4 Å². The van der Waals surface area contributed by atoms with Gasteiger partial charge < -0.3 is 5.73 Å². The zero-order valence-electron chi connectivity index (χ0n) is 11.4. The van der Waals surface area contributed by atoms with Gasteiger partial charge in [-0.3, -0.25) is 4.90 Å². The van der Waals surface area contributed by atoms with Crippen molar-refractivity contribution in [3.05, 3.63) is 29.8 Å². The van der Waals surface area contributed by atoms with E-state index in [9.17, 15) is 8.42 Å². The minimum atomic E-state index is -2.86. The summed E-state index contributed by atoms with van der Waals surface area (Å²) in [5.74, 6) is 0.264. The average molecular weight is 282 g/mol. The normalized spacial score (nSPS) is 15.9. The Morgan fingerprint density at radius 1 is 1.32 bits per heavy atom. The second kappa shape index (κ2) is 5.92. The maximum Gasteiger partial charge on any atom is 0.147 e. The van der Waals surface area contributed by atoms with Crippen molar-refractivity contribution in [2.75, 3.05) is 24.3 Å². The summed E-state index contributed by atoms with van der Waals surface area (Å²) in [7, 11) is -2.86. The maximum atomic E-state index is 11.2. The Hall–Kier alpha value is -1.07. The van der Waals surface area contributed by atoms with Crippen LogP contribution in [0.1, 0.15) is 24.8 Å². The van der Waals surface area contributed by atoms with Crippen LogP contribution in [0, 0.1) is 0 Å². The molecule has 0 spiro atoms. The molecule has 4 nitrogen and oxygen atoms in total. The summed E-state index contributed by atoms with van der Waals surface area (Å²) in [6, 6.07) is 8.49. The van der Waals surface area contributed by atoms with Crippen molar-refractivity contribution < 1.29 is 8.42 Å². The molecular formula is C14H22N2O2S. The average Bonchev–Trinajstić information content (AvgIpc) is 3.13. The van der Waals surface area contributed by atoms with Gasteiger partial charge in [-0.1, -0.05) is 18.2 Å². The minimum absolute atomic E-state index is 0.264. The molecule has 19 heavy (non-hydrogen) atoms. The standard InChI is InChI=1S/C14H22N2O2S/c1-19(17,18)10-4-9-16(13-7-8-13)11-12-5-2-3-6-14(12)15/h2-3,5-6,13H,4,7-11,15H2,1H3.